The molecule has 2 fully saturated rings. The maximum absolute atomic E-state index is 12.9. The molecule has 0 radical (unpaired) electrons. The fraction of sp³-hybridized carbons (Fsp3) is 0.526. The fourth-order valence-electron chi connectivity index (χ4n) is 3.84. The van der Waals surface area contributed by atoms with Gasteiger partial charge in [-0.05, 0) is 55.9 Å². The number of carboxylic acids is 1. The Morgan fingerprint density at radius 2 is 1.88 bits per heavy atom. The standard InChI is InChI=1S/C19H23ClN2O4/c20-14-4-6-15(7-5-14)22-11-9-16(19(22)26)18(25)21-10-1-2-13(12-21)3-8-17(23)24/h4-7,13,16H,1-3,8-12H2,(H,23,24)/t13-,16-/m0/s1. The Morgan fingerprint density at radius 1 is 1.15 bits per heavy atom. The largest absolute Gasteiger partial charge is 0.481 e. The van der Waals surface area contributed by atoms with Crippen LogP contribution in [0, 0.1) is 11.8 Å². The number of carbonyl (C=O) groups is 3. The first kappa shape index (κ1) is 18.7. The summed E-state index contributed by atoms with van der Waals surface area (Å²) >= 11 is 5.89. The molecule has 2 saturated heterocycles. The van der Waals surface area contributed by atoms with Gasteiger partial charge in [-0.3, -0.25) is 14.4 Å². The number of nitrogens with zero attached hydrogens (tertiary/aromatic N) is 2. The van der Waals surface area contributed by atoms with Crippen LogP contribution in [0.15, 0.2) is 24.3 Å². The van der Waals surface area contributed by atoms with E-state index in [4.69, 9.17) is 16.7 Å². The Labute approximate surface area is 157 Å². The summed E-state index contributed by atoms with van der Waals surface area (Å²) in [5.74, 6) is -1.52. The number of piperidine rings is 1. The van der Waals surface area contributed by atoms with Crippen molar-refractivity contribution < 1.29 is 19.5 Å². The molecule has 2 heterocycles. The van der Waals surface area contributed by atoms with Crippen molar-refractivity contribution in [1.29, 1.82) is 0 Å². The summed E-state index contributed by atoms with van der Waals surface area (Å²) in [6.45, 7) is 1.72. The van der Waals surface area contributed by atoms with Crippen molar-refractivity contribution in [3.05, 3.63) is 29.3 Å². The molecule has 1 aromatic carbocycles. The predicted octanol–water partition coefficient (Wildman–Crippen LogP) is 2.80. The molecular weight excluding hydrogens is 356 g/mol. The van der Waals surface area contributed by atoms with Crippen LogP contribution < -0.4 is 4.90 Å². The van der Waals surface area contributed by atoms with E-state index in [9.17, 15) is 14.4 Å². The van der Waals surface area contributed by atoms with E-state index in [1.165, 1.54) is 0 Å². The second-order valence-electron chi connectivity index (χ2n) is 7.03. The van der Waals surface area contributed by atoms with Gasteiger partial charge in [0.05, 0.1) is 0 Å². The Balaban J connectivity index is 1.62. The number of rotatable bonds is 5. The normalized spacial score (nSPS) is 23.3. The maximum atomic E-state index is 12.9. The molecule has 1 N–H and O–H groups in total. The van der Waals surface area contributed by atoms with Gasteiger partial charge in [0.15, 0.2) is 0 Å². The molecule has 2 aliphatic rings. The Hall–Kier alpha value is -2.08. The van der Waals surface area contributed by atoms with Crippen LogP contribution >= 0.6 is 11.6 Å². The highest BCUT2D eigenvalue weighted by molar-refractivity contribution is 6.30. The molecule has 0 saturated carbocycles. The number of hydrogen-bond acceptors (Lipinski definition) is 3. The molecule has 0 bridgehead atoms. The van der Waals surface area contributed by atoms with Gasteiger partial charge >= 0.3 is 5.97 Å². The highest BCUT2D eigenvalue weighted by atomic mass is 35.5. The van der Waals surface area contributed by atoms with Gasteiger partial charge in [0, 0.05) is 36.8 Å². The van der Waals surface area contributed by atoms with E-state index in [1.807, 2.05) is 0 Å². The van der Waals surface area contributed by atoms with Crippen LogP contribution in [0.3, 0.4) is 0 Å². The number of carbonyl (C=O) groups excluding carboxylic acids is 2. The smallest absolute Gasteiger partial charge is 0.303 e. The third kappa shape index (κ3) is 4.18. The minimum Gasteiger partial charge on any atom is -0.481 e. The average molecular weight is 379 g/mol. The minimum absolute atomic E-state index is 0.119. The van der Waals surface area contributed by atoms with Crippen LogP contribution in [0.25, 0.3) is 0 Å². The van der Waals surface area contributed by atoms with E-state index in [2.05, 4.69) is 0 Å². The highest BCUT2D eigenvalue weighted by Crippen LogP contribution is 2.29. The topological polar surface area (TPSA) is 77.9 Å². The molecule has 140 valence electrons. The van der Waals surface area contributed by atoms with Gasteiger partial charge in [0.1, 0.15) is 5.92 Å². The second-order valence-corrected chi connectivity index (χ2v) is 7.47. The number of likely N-dealkylation sites (tertiary alicyclic amines) is 1. The zero-order valence-electron chi connectivity index (χ0n) is 14.6. The van der Waals surface area contributed by atoms with Crippen molar-refractivity contribution in [2.75, 3.05) is 24.5 Å². The lowest BCUT2D eigenvalue weighted by atomic mass is 9.92. The number of halogens is 1. The van der Waals surface area contributed by atoms with Crippen molar-refractivity contribution in [2.45, 2.75) is 32.1 Å². The van der Waals surface area contributed by atoms with E-state index in [-0.39, 0.29) is 24.2 Å². The molecule has 6 nitrogen and oxygen atoms in total. The zero-order chi connectivity index (χ0) is 18.7. The van der Waals surface area contributed by atoms with Gasteiger partial charge < -0.3 is 14.9 Å². The summed E-state index contributed by atoms with van der Waals surface area (Å²) in [4.78, 5) is 39.8. The molecule has 2 atom stereocenters. The highest BCUT2D eigenvalue weighted by Gasteiger charge is 2.40. The first-order valence-corrected chi connectivity index (χ1v) is 9.41. The van der Waals surface area contributed by atoms with Crippen LogP contribution in [0.1, 0.15) is 32.1 Å². The number of benzene rings is 1. The van der Waals surface area contributed by atoms with Crippen molar-refractivity contribution in [2.24, 2.45) is 11.8 Å². The van der Waals surface area contributed by atoms with E-state index < -0.39 is 11.9 Å². The third-order valence-electron chi connectivity index (χ3n) is 5.24. The third-order valence-corrected chi connectivity index (χ3v) is 5.49. The lowest BCUT2D eigenvalue weighted by molar-refractivity contribution is -0.141. The van der Waals surface area contributed by atoms with Crippen LogP contribution in [0.5, 0.6) is 0 Å². The van der Waals surface area contributed by atoms with E-state index >= 15 is 0 Å². The van der Waals surface area contributed by atoms with Gasteiger partial charge in [-0.25, -0.2) is 0 Å². The average Bonchev–Trinajstić information content (AvgIpc) is 3.02. The fourth-order valence-corrected chi connectivity index (χ4v) is 3.96. The molecular formula is C19H23ClN2O4. The molecule has 7 heteroatoms. The van der Waals surface area contributed by atoms with E-state index in [0.29, 0.717) is 37.5 Å². The van der Waals surface area contributed by atoms with Crippen molar-refractivity contribution in [3.8, 4) is 0 Å². The first-order valence-electron chi connectivity index (χ1n) is 9.03. The van der Waals surface area contributed by atoms with Gasteiger partial charge in [-0.1, -0.05) is 11.6 Å². The lowest BCUT2D eigenvalue weighted by Gasteiger charge is -2.34. The zero-order valence-corrected chi connectivity index (χ0v) is 15.3. The molecule has 0 unspecified atom stereocenters. The molecule has 0 spiro atoms. The molecule has 0 aliphatic carbocycles. The first-order chi connectivity index (χ1) is 12.5. The summed E-state index contributed by atoms with van der Waals surface area (Å²) in [6.07, 6.45) is 3.01. The Bertz CT molecular complexity index is 691. The number of anilines is 1. The predicted molar refractivity (Wildman–Crippen MR) is 98.1 cm³/mol. The van der Waals surface area contributed by atoms with Crippen LogP contribution in [-0.4, -0.2) is 47.4 Å². The Morgan fingerprint density at radius 3 is 2.58 bits per heavy atom. The van der Waals surface area contributed by atoms with Gasteiger partial charge in [0.2, 0.25) is 11.8 Å². The summed E-state index contributed by atoms with van der Waals surface area (Å²) in [7, 11) is 0. The monoisotopic (exact) mass is 378 g/mol. The minimum atomic E-state index is -0.807. The van der Waals surface area contributed by atoms with Crippen LogP contribution in [0.4, 0.5) is 5.69 Å². The summed E-state index contributed by atoms with van der Waals surface area (Å²) < 4.78 is 0. The number of amides is 2. The van der Waals surface area contributed by atoms with Crippen LogP contribution in [-0.2, 0) is 14.4 Å². The molecule has 3 rings (SSSR count). The molecule has 1 aromatic rings. The van der Waals surface area contributed by atoms with Gasteiger partial charge in [-0.15, -0.1) is 0 Å². The van der Waals surface area contributed by atoms with Gasteiger partial charge in [-0.2, -0.15) is 0 Å². The SMILES string of the molecule is O=C(O)CC[C@@H]1CCCN(C(=O)[C@@H]2CCN(c3ccc(Cl)cc3)C2=O)C1. The Kier molecular flexibility index (Phi) is 5.81. The number of aliphatic carboxylic acids is 1. The molecule has 26 heavy (non-hydrogen) atoms. The van der Waals surface area contributed by atoms with Crippen LogP contribution in [0.2, 0.25) is 5.02 Å². The molecule has 2 aliphatic heterocycles. The maximum Gasteiger partial charge on any atom is 0.303 e. The van der Waals surface area contributed by atoms with Crippen molar-refractivity contribution in [1.82, 2.24) is 4.90 Å². The second kappa shape index (κ2) is 8.08. The summed E-state index contributed by atoms with van der Waals surface area (Å²) in [5, 5.41) is 9.45. The van der Waals surface area contributed by atoms with Crippen molar-refractivity contribution in [3.63, 3.8) is 0 Å². The lowest BCUT2D eigenvalue weighted by Crippen LogP contribution is -2.45. The summed E-state index contributed by atoms with van der Waals surface area (Å²) in [6, 6.07) is 7.04. The molecule has 0 aromatic heterocycles. The quantitative estimate of drug-likeness (QED) is 0.799. The van der Waals surface area contributed by atoms with E-state index in [0.717, 1.165) is 18.5 Å². The summed E-state index contributed by atoms with van der Waals surface area (Å²) in [5.41, 5.74) is 0.757. The van der Waals surface area contributed by atoms with E-state index in [1.54, 1.807) is 34.1 Å². The van der Waals surface area contributed by atoms with Crippen molar-refractivity contribution >= 4 is 35.1 Å². The molecule has 2 amide bonds. The number of hydrogen-bond donors (Lipinski definition) is 1. The number of carboxylic acid groups (broad SMARTS) is 1. The van der Waals surface area contributed by atoms with Gasteiger partial charge in [0.25, 0.3) is 0 Å².